The molecule has 2 aliphatic rings. The van der Waals surface area contributed by atoms with Gasteiger partial charge >= 0.3 is 5.97 Å². The summed E-state index contributed by atoms with van der Waals surface area (Å²) in [5, 5.41) is 39.8. The fourth-order valence-corrected chi connectivity index (χ4v) is 5.95. The number of aliphatic hydroxyl groups excluding tert-OH is 2. The Kier molecular flexibility index (Phi) is 8.03. The molecule has 8 nitrogen and oxygen atoms in total. The fourth-order valence-electron chi connectivity index (χ4n) is 5.95. The molecule has 0 amide bonds. The van der Waals surface area contributed by atoms with E-state index >= 15 is 0 Å². The molecule has 4 N–H and O–H groups in total. The highest BCUT2D eigenvalue weighted by Crippen LogP contribution is 2.39. The number of ether oxygens (including phenoxy) is 3. The van der Waals surface area contributed by atoms with Crippen LogP contribution in [0.3, 0.4) is 0 Å². The van der Waals surface area contributed by atoms with Crippen molar-refractivity contribution in [2.45, 2.75) is 69.9 Å². The molecular weight excluding hydrogens is 512 g/mol. The van der Waals surface area contributed by atoms with Gasteiger partial charge in [-0.3, -0.25) is 4.79 Å². The molecule has 0 bridgehead atoms. The van der Waals surface area contributed by atoms with Crippen molar-refractivity contribution >= 4 is 5.97 Å². The van der Waals surface area contributed by atoms with E-state index in [1.54, 1.807) is 0 Å². The molecule has 0 aromatic heterocycles. The van der Waals surface area contributed by atoms with Gasteiger partial charge < -0.3 is 34.6 Å². The number of carboxylic acids is 1. The predicted octanol–water partition coefficient (Wildman–Crippen LogP) is 4.52. The Bertz CT molecular complexity index is 1350. The van der Waals surface area contributed by atoms with E-state index in [4.69, 9.17) is 19.3 Å². The number of rotatable bonds is 9. The van der Waals surface area contributed by atoms with Crippen LogP contribution in [-0.2, 0) is 11.4 Å². The van der Waals surface area contributed by atoms with Crippen molar-refractivity contribution in [1.29, 1.82) is 0 Å². The van der Waals surface area contributed by atoms with Crippen molar-refractivity contribution in [1.82, 2.24) is 0 Å². The normalized spacial score (nSPS) is 23.8. The summed E-state index contributed by atoms with van der Waals surface area (Å²) in [6.45, 7) is 4.76. The van der Waals surface area contributed by atoms with Crippen LogP contribution >= 0.6 is 0 Å². The number of benzene rings is 3. The number of hydrogen-bond acceptors (Lipinski definition) is 7. The molecule has 1 aliphatic carbocycles. The lowest BCUT2D eigenvalue weighted by Crippen LogP contribution is -2.47. The minimum absolute atomic E-state index is 0.000119. The smallest absolute Gasteiger partial charge is 0.304 e. The van der Waals surface area contributed by atoms with Crippen LogP contribution in [-0.4, -0.2) is 57.4 Å². The van der Waals surface area contributed by atoms with Crippen molar-refractivity contribution < 1.29 is 39.4 Å². The zero-order chi connectivity index (χ0) is 28.4. The van der Waals surface area contributed by atoms with Crippen LogP contribution in [0.1, 0.15) is 53.9 Å². The Balaban J connectivity index is 1.25. The lowest BCUT2D eigenvalue weighted by atomic mass is 9.82. The molecule has 1 fully saturated rings. The second kappa shape index (κ2) is 11.5. The van der Waals surface area contributed by atoms with Gasteiger partial charge in [0.25, 0.3) is 0 Å². The molecule has 1 aliphatic heterocycles. The molecule has 212 valence electrons. The van der Waals surface area contributed by atoms with Crippen molar-refractivity contribution in [2.75, 3.05) is 13.2 Å². The molecule has 8 heteroatoms. The van der Waals surface area contributed by atoms with Gasteiger partial charge in [0.1, 0.15) is 36.1 Å². The van der Waals surface area contributed by atoms with Crippen molar-refractivity contribution in [3.63, 3.8) is 0 Å². The highest BCUT2D eigenvalue weighted by molar-refractivity contribution is 5.72. The topological polar surface area (TPSA) is 126 Å². The maximum absolute atomic E-state index is 11.1. The van der Waals surface area contributed by atoms with Crippen LogP contribution in [0.25, 0.3) is 11.1 Å². The van der Waals surface area contributed by atoms with Crippen molar-refractivity contribution in [3.05, 3.63) is 76.9 Å². The van der Waals surface area contributed by atoms with Gasteiger partial charge in [-0.2, -0.15) is 0 Å². The summed E-state index contributed by atoms with van der Waals surface area (Å²) < 4.78 is 17.7. The molecule has 40 heavy (non-hydrogen) atoms. The highest BCUT2D eigenvalue weighted by atomic mass is 16.5. The standard InChI is InChI=1S/C32H36O8/c1-19-8-27(40-18-32(37)14-24(33)12-25(34)15-32)9-20(2)31(19)22-5-3-4-21(10-22)16-38-26-6-7-28-23(11-30(35)36)17-39-29(28)13-26/h3-10,13,23-25,33-34,37H,11-12,14-18H2,1-2H3,(H,35,36)/t23?,24-,25-/m1/s1. The van der Waals surface area contributed by atoms with Crippen molar-refractivity contribution in [3.8, 4) is 28.4 Å². The van der Waals surface area contributed by atoms with E-state index in [1.807, 2.05) is 56.3 Å². The third-order valence-electron chi connectivity index (χ3n) is 7.70. The lowest BCUT2D eigenvalue weighted by molar-refractivity contribution is -0.137. The first-order valence-corrected chi connectivity index (χ1v) is 13.6. The fraction of sp³-hybridized carbons (Fsp3) is 0.406. The van der Waals surface area contributed by atoms with Crippen LogP contribution in [0, 0.1) is 13.8 Å². The number of aliphatic hydroxyl groups is 3. The summed E-state index contributed by atoms with van der Waals surface area (Å²) in [5.41, 5.74) is 4.82. The average molecular weight is 549 g/mol. The molecule has 0 spiro atoms. The second-order valence-electron chi connectivity index (χ2n) is 11.2. The SMILES string of the molecule is Cc1cc(OCC2(O)C[C@H](O)C[C@@H](O)C2)cc(C)c1-c1cccc(COc2ccc3c(c2)OCC3CC(=O)O)c1. The predicted molar refractivity (Wildman–Crippen MR) is 149 cm³/mol. The number of hydrogen-bond donors (Lipinski definition) is 4. The Morgan fingerprint density at radius 3 is 2.40 bits per heavy atom. The largest absolute Gasteiger partial charge is 0.492 e. The first kappa shape index (κ1) is 28.0. The Morgan fingerprint density at radius 2 is 1.70 bits per heavy atom. The number of fused-ring (bicyclic) bond motifs is 1. The number of carboxylic acid groups (broad SMARTS) is 1. The van der Waals surface area contributed by atoms with Gasteiger partial charge in [-0.15, -0.1) is 0 Å². The highest BCUT2D eigenvalue weighted by Gasteiger charge is 2.39. The van der Waals surface area contributed by atoms with Crippen LogP contribution in [0.15, 0.2) is 54.6 Å². The van der Waals surface area contributed by atoms with Gasteiger partial charge in [0.2, 0.25) is 0 Å². The number of aliphatic carboxylic acids is 1. The van der Waals surface area contributed by atoms with Crippen LogP contribution in [0.5, 0.6) is 17.2 Å². The van der Waals surface area contributed by atoms with Gasteiger partial charge in [-0.1, -0.05) is 24.3 Å². The Labute approximate surface area is 233 Å². The van der Waals surface area contributed by atoms with Gasteiger partial charge in [0, 0.05) is 30.4 Å². The summed E-state index contributed by atoms with van der Waals surface area (Å²) >= 11 is 0. The summed E-state index contributed by atoms with van der Waals surface area (Å²) in [7, 11) is 0. The monoisotopic (exact) mass is 548 g/mol. The van der Waals surface area contributed by atoms with Crippen LogP contribution in [0.4, 0.5) is 0 Å². The van der Waals surface area contributed by atoms with Gasteiger partial charge in [-0.25, -0.2) is 0 Å². The first-order chi connectivity index (χ1) is 19.1. The van der Waals surface area contributed by atoms with E-state index in [0.29, 0.717) is 30.5 Å². The minimum Gasteiger partial charge on any atom is -0.492 e. The van der Waals surface area contributed by atoms with Gasteiger partial charge in [-0.05, 0) is 72.4 Å². The third kappa shape index (κ3) is 6.41. The summed E-state index contributed by atoms with van der Waals surface area (Å²) in [4.78, 5) is 11.1. The van der Waals surface area contributed by atoms with E-state index in [0.717, 1.165) is 33.4 Å². The van der Waals surface area contributed by atoms with E-state index in [2.05, 4.69) is 12.1 Å². The van der Waals surface area contributed by atoms with E-state index in [9.17, 15) is 20.1 Å². The van der Waals surface area contributed by atoms with Gasteiger partial charge in [0.05, 0.1) is 25.2 Å². The molecule has 5 rings (SSSR count). The maximum atomic E-state index is 11.1. The zero-order valence-electron chi connectivity index (χ0n) is 22.8. The molecule has 1 unspecified atom stereocenters. The van der Waals surface area contributed by atoms with E-state index < -0.39 is 23.8 Å². The second-order valence-corrected chi connectivity index (χ2v) is 11.2. The van der Waals surface area contributed by atoms with E-state index in [-0.39, 0.29) is 38.2 Å². The maximum Gasteiger partial charge on any atom is 0.304 e. The number of carbonyl (C=O) groups is 1. The van der Waals surface area contributed by atoms with Crippen LogP contribution < -0.4 is 14.2 Å². The average Bonchev–Trinajstić information content (AvgIpc) is 3.27. The molecule has 1 saturated carbocycles. The zero-order valence-corrected chi connectivity index (χ0v) is 22.8. The van der Waals surface area contributed by atoms with Crippen molar-refractivity contribution in [2.24, 2.45) is 0 Å². The molecule has 0 radical (unpaired) electrons. The summed E-state index contributed by atoms with van der Waals surface area (Å²) in [6.07, 6.45) is -0.811. The minimum atomic E-state index is -1.27. The Morgan fingerprint density at radius 1 is 0.975 bits per heavy atom. The number of aryl methyl sites for hydroxylation is 2. The molecule has 1 heterocycles. The van der Waals surface area contributed by atoms with E-state index in [1.165, 1.54) is 0 Å². The van der Waals surface area contributed by atoms with Gasteiger partial charge in [0.15, 0.2) is 0 Å². The summed E-state index contributed by atoms with van der Waals surface area (Å²) in [5.74, 6) is 0.987. The molecule has 0 saturated heterocycles. The molecule has 3 atom stereocenters. The quantitative estimate of drug-likeness (QED) is 0.308. The van der Waals surface area contributed by atoms with Crippen LogP contribution in [0.2, 0.25) is 0 Å². The molecular formula is C32H36O8. The Hall–Kier alpha value is -3.59. The lowest BCUT2D eigenvalue weighted by Gasteiger charge is -2.37. The summed E-state index contributed by atoms with van der Waals surface area (Å²) in [6, 6.07) is 17.6. The molecule has 3 aromatic rings. The third-order valence-corrected chi connectivity index (χ3v) is 7.70. The first-order valence-electron chi connectivity index (χ1n) is 13.6. The molecule has 3 aromatic carbocycles.